The van der Waals surface area contributed by atoms with E-state index in [9.17, 15) is 8.42 Å². The van der Waals surface area contributed by atoms with Crippen LogP contribution in [0.15, 0.2) is 29.2 Å². The lowest BCUT2D eigenvalue weighted by atomic mass is 10.3. The molecule has 0 unspecified atom stereocenters. The maximum atomic E-state index is 11.3. The summed E-state index contributed by atoms with van der Waals surface area (Å²) in [5, 5.41) is 8.50. The molecule has 132 valence electrons. The van der Waals surface area contributed by atoms with Gasteiger partial charge in [-0.1, -0.05) is 0 Å². The monoisotopic (exact) mass is 348 g/mol. The molecular weight excluding hydrogens is 324 g/mol. The van der Waals surface area contributed by atoms with E-state index in [0.29, 0.717) is 52.0 Å². The second-order valence-electron chi connectivity index (χ2n) is 4.65. The Morgan fingerprint density at radius 2 is 1.30 bits per heavy atom. The van der Waals surface area contributed by atoms with Crippen LogP contribution >= 0.6 is 0 Å². The topological polar surface area (TPSA) is 91.3 Å². The van der Waals surface area contributed by atoms with Crippen LogP contribution in [0.3, 0.4) is 0 Å². The van der Waals surface area contributed by atoms with Crippen molar-refractivity contribution in [3.8, 4) is 5.75 Å². The van der Waals surface area contributed by atoms with Gasteiger partial charge in [-0.25, -0.2) is 8.42 Å². The van der Waals surface area contributed by atoms with Gasteiger partial charge in [-0.05, 0) is 24.3 Å². The van der Waals surface area contributed by atoms with E-state index in [2.05, 4.69) is 0 Å². The Hall–Kier alpha value is -1.19. The van der Waals surface area contributed by atoms with Crippen LogP contribution in [0.4, 0.5) is 0 Å². The average Bonchev–Trinajstić information content (AvgIpc) is 2.52. The molecule has 1 rings (SSSR count). The molecule has 0 atom stereocenters. The Balaban J connectivity index is 2.01. The molecule has 0 saturated carbocycles. The lowest BCUT2D eigenvalue weighted by Gasteiger charge is -2.08. The van der Waals surface area contributed by atoms with E-state index in [1.54, 1.807) is 12.1 Å². The molecule has 0 spiro atoms. The van der Waals surface area contributed by atoms with E-state index in [-0.39, 0.29) is 11.5 Å². The van der Waals surface area contributed by atoms with Crippen LogP contribution < -0.4 is 4.74 Å². The van der Waals surface area contributed by atoms with Crippen LogP contribution in [0.5, 0.6) is 5.75 Å². The zero-order valence-corrected chi connectivity index (χ0v) is 14.1. The normalized spacial score (nSPS) is 11.6. The fourth-order valence-electron chi connectivity index (χ4n) is 1.61. The summed E-state index contributed by atoms with van der Waals surface area (Å²) >= 11 is 0. The summed E-state index contributed by atoms with van der Waals surface area (Å²) in [7, 11) is -3.18. The van der Waals surface area contributed by atoms with Crippen molar-refractivity contribution in [1.29, 1.82) is 0 Å². The van der Waals surface area contributed by atoms with Crippen molar-refractivity contribution in [2.45, 2.75) is 4.90 Å². The number of hydrogen-bond acceptors (Lipinski definition) is 7. The highest BCUT2D eigenvalue weighted by Crippen LogP contribution is 2.15. The van der Waals surface area contributed by atoms with Gasteiger partial charge in [0.2, 0.25) is 0 Å². The van der Waals surface area contributed by atoms with Crippen molar-refractivity contribution < 1.29 is 32.5 Å². The molecule has 0 aliphatic rings. The molecule has 23 heavy (non-hydrogen) atoms. The standard InChI is InChI=1S/C15H24O7S/c1-23(17,18)15-4-2-14(3-5-15)22-13-12-21-11-10-20-9-8-19-7-6-16/h2-5,16H,6-13H2,1H3. The number of hydrogen-bond donors (Lipinski definition) is 1. The van der Waals surface area contributed by atoms with Crippen LogP contribution in [0.25, 0.3) is 0 Å². The fourth-order valence-corrected chi connectivity index (χ4v) is 2.24. The molecule has 0 amide bonds. The number of aliphatic hydroxyl groups excluding tert-OH is 1. The minimum atomic E-state index is -3.18. The quantitative estimate of drug-likeness (QED) is 0.519. The molecule has 1 aromatic rings. The highest BCUT2D eigenvalue weighted by Gasteiger charge is 2.06. The van der Waals surface area contributed by atoms with Crippen LogP contribution in [0, 0.1) is 0 Å². The highest BCUT2D eigenvalue weighted by molar-refractivity contribution is 7.90. The minimum absolute atomic E-state index is 0.0140. The van der Waals surface area contributed by atoms with Gasteiger partial charge >= 0.3 is 0 Å². The predicted octanol–water partition coefficient (Wildman–Crippen LogP) is 0.511. The summed E-state index contributed by atoms with van der Waals surface area (Å²) < 4.78 is 43.7. The first-order chi connectivity index (χ1) is 11.0. The first-order valence-electron chi connectivity index (χ1n) is 7.31. The molecular formula is C15H24O7S. The summed E-state index contributed by atoms with van der Waals surface area (Å²) in [5.74, 6) is 0.596. The average molecular weight is 348 g/mol. The Bertz CT molecular complexity index is 513. The molecule has 1 N–H and O–H groups in total. The van der Waals surface area contributed by atoms with Gasteiger partial charge in [0.25, 0.3) is 0 Å². The Morgan fingerprint density at radius 3 is 1.78 bits per heavy atom. The minimum Gasteiger partial charge on any atom is -0.491 e. The number of benzene rings is 1. The Labute approximate surface area is 137 Å². The van der Waals surface area contributed by atoms with Crippen molar-refractivity contribution >= 4 is 9.84 Å². The number of ether oxygens (including phenoxy) is 4. The van der Waals surface area contributed by atoms with Gasteiger partial charge < -0.3 is 24.1 Å². The van der Waals surface area contributed by atoms with Crippen molar-refractivity contribution in [1.82, 2.24) is 0 Å². The molecule has 0 heterocycles. The maximum Gasteiger partial charge on any atom is 0.175 e. The van der Waals surface area contributed by atoms with E-state index in [1.807, 2.05) is 0 Å². The second kappa shape index (κ2) is 11.4. The molecule has 0 saturated heterocycles. The van der Waals surface area contributed by atoms with Gasteiger partial charge in [0.15, 0.2) is 9.84 Å². The van der Waals surface area contributed by atoms with E-state index >= 15 is 0 Å². The fraction of sp³-hybridized carbons (Fsp3) is 0.600. The van der Waals surface area contributed by atoms with E-state index in [0.717, 1.165) is 6.26 Å². The summed E-state index contributed by atoms with van der Waals surface area (Å²) in [6.45, 7) is 2.96. The summed E-state index contributed by atoms with van der Waals surface area (Å²) in [6.07, 6.45) is 1.16. The smallest absolute Gasteiger partial charge is 0.175 e. The van der Waals surface area contributed by atoms with Gasteiger partial charge in [0, 0.05) is 6.26 Å². The largest absolute Gasteiger partial charge is 0.491 e. The zero-order valence-electron chi connectivity index (χ0n) is 13.3. The van der Waals surface area contributed by atoms with E-state index in [1.165, 1.54) is 12.1 Å². The first-order valence-corrected chi connectivity index (χ1v) is 9.20. The molecule has 0 bridgehead atoms. The molecule has 8 heteroatoms. The molecule has 0 aliphatic heterocycles. The zero-order chi connectivity index (χ0) is 17.0. The van der Waals surface area contributed by atoms with Gasteiger partial charge in [0.05, 0.1) is 51.1 Å². The van der Waals surface area contributed by atoms with Crippen LogP contribution in [0.2, 0.25) is 0 Å². The lowest BCUT2D eigenvalue weighted by Crippen LogP contribution is -2.13. The molecule has 0 aliphatic carbocycles. The summed E-state index contributed by atoms with van der Waals surface area (Å²) in [6, 6.07) is 6.26. The van der Waals surface area contributed by atoms with E-state index in [4.69, 9.17) is 24.1 Å². The molecule has 0 fully saturated rings. The third-order valence-electron chi connectivity index (χ3n) is 2.73. The molecule has 0 aromatic heterocycles. The third kappa shape index (κ3) is 9.52. The SMILES string of the molecule is CS(=O)(=O)c1ccc(OCCOCCOCCOCCO)cc1. The summed E-state index contributed by atoms with van der Waals surface area (Å²) in [5.41, 5.74) is 0. The molecule has 7 nitrogen and oxygen atoms in total. The number of rotatable bonds is 13. The highest BCUT2D eigenvalue weighted by atomic mass is 32.2. The molecule has 0 radical (unpaired) electrons. The molecule has 1 aromatic carbocycles. The first kappa shape index (κ1) is 19.9. The van der Waals surface area contributed by atoms with Crippen molar-refractivity contribution in [2.24, 2.45) is 0 Å². The number of aliphatic hydroxyl groups is 1. The van der Waals surface area contributed by atoms with Gasteiger partial charge in [0.1, 0.15) is 12.4 Å². The van der Waals surface area contributed by atoms with Crippen LogP contribution in [-0.4, -0.2) is 72.6 Å². The maximum absolute atomic E-state index is 11.3. The van der Waals surface area contributed by atoms with Crippen molar-refractivity contribution in [3.63, 3.8) is 0 Å². The third-order valence-corrected chi connectivity index (χ3v) is 3.86. The number of sulfone groups is 1. The van der Waals surface area contributed by atoms with Crippen LogP contribution in [-0.2, 0) is 24.0 Å². The van der Waals surface area contributed by atoms with E-state index < -0.39 is 9.84 Å². The summed E-state index contributed by atoms with van der Waals surface area (Å²) in [4.78, 5) is 0.265. The van der Waals surface area contributed by atoms with Gasteiger partial charge in [-0.2, -0.15) is 0 Å². The predicted molar refractivity (Wildman–Crippen MR) is 84.6 cm³/mol. The second-order valence-corrected chi connectivity index (χ2v) is 6.67. The lowest BCUT2D eigenvalue weighted by molar-refractivity contribution is 0.00361. The Morgan fingerprint density at radius 1 is 0.826 bits per heavy atom. The van der Waals surface area contributed by atoms with Gasteiger partial charge in [-0.3, -0.25) is 0 Å². The Kier molecular flexibility index (Phi) is 9.81. The van der Waals surface area contributed by atoms with Crippen LogP contribution in [0.1, 0.15) is 0 Å². The van der Waals surface area contributed by atoms with Crippen molar-refractivity contribution in [3.05, 3.63) is 24.3 Å². The van der Waals surface area contributed by atoms with Gasteiger partial charge in [-0.15, -0.1) is 0 Å². The van der Waals surface area contributed by atoms with Crippen molar-refractivity contribution in [2.75, 3.05) is 59.1 Å².